The molecule has 4 rings (SSSR count). The van der Waals surface area contributed by atoms with Gasteiger partial charge in [-0.3, -0.25) is 4.79 Å². The number of rotatable bonds is 5. The Labute approximate surface area is 153 Å². The largest absolute Gasteiger partial charge is 0.484 e. The molecule has 0 spiro atoms. The molecule has 1 aliphatic carbocycles. The van der Waals surface area contributed by atoms with Crippen LogP contribution in [0.5, 0.6) is 5.75 Å². The Balaban J connectivity index is 1.41. The first-order chi connectivity index (χ1) is 12.7. The summed E-state index contributed by atoms with van der Waals surface area (Å²) in [5.74, 6) is 1.79. The topological polar surface area (TPSA) is 42.7 Å². The minimum atomic E-state index is -0.0387. The van der Waals surface area contributed by atoms with Crippen molar-refractivity contribution in [3.05, 3.63) is 65.4 Å². The van der Waals surface area contributed by atoms with Gasteiger partial charge in [0.05, 0.1) is 0 Å². The van der Waals surface area contributed by atoms with Crippen molar-refractivity contribution in [1.82, 2.24) is 4.90 Å². The van der Waals surface area contributed by atoms with E-state index in [-0.39, 0.29) is 12.5 Å². The molecule has 0 atom stereocenters. The van der Waals surface area contributed by atoms with Crippen LogP contribution in [0.15, 0.2) is 52.9 Å². The molecule has 0 saturated heterocycles. The molecule has 1 heterocycles. The van der Waals surface area contributed by atoms with Crippen LogP contribution in [-0.2, 0) is 24.2 Å². The molecule has 0 bridgehead atoms. The molecule has 3 aromatic rings. The van der Waals surface area contributed by atoms with E-state index in [4.69, 9.17) is 9.15 Å². The lowest BCUT2D eigenvalue weighted by Crippen LogP contribution is -2.30. The molecule has 134 valence electrons. The minimum Gasteiger partial charge on any atom is -0.484 e. The van der Waals surface area contributed by atoms with Crippen LogP contribution in [0.25, 0.3) is 11.0 Å². The zero-order chi connectivity index (χ0) is 17.9. The van der Waals surface area contributed by atoms with Gasteiger partial charge >= 0.3 is 0 Å². The SMILES string of the molecule is CN(Cc1ccccc1)C(=O)COc1ccc2oc3c(c2c1)CCCC3. The van der Waals surface area contributed by atoms with Gasteiger partial charge in [0, 0.05) is 31.0 Å². The van der Waals surface area contributed by atoms with E-state index in [1.807, 2.05) is 48.5 Å². The zero-order valence-corrected chi connectivity index (χ0v) is 15.0. The number of ether oxygens (including phenoxy) is 1. The van der Waals surface area contributed by atoms with Crippen LogP contribution in [0.4, 0.5) is 0 Å². The molecule has 0 radical (unpaired) electrons. The van der Waals surface area contributed by atoms with Crippen molar-refractivity contribution in [2.45, 2.75) is 32.2 Å². The molecule has 0 unspecified atom stereocenters. The van der Waals surface area contributed by atoms with Crippen molar-refractivity contribution in [3.63, 3.8) is 0 Å². The van der Waals surface area contributed by atoms with E-state index in [9.17, 15) is 4.79 Å². The van der Waals surface area contributed by atoms with E-state index in [1.165, 1.54) is 18.4 Å². The van der Waals surface area contributed by atoms with E-state index in [2.05, 4.69) is 0 Å². The Kier molecular flexibility index (Phi) is 4.65. The van der Waals surface area contributed by atoms with Gasteiger partial charge in [-0.2, -0.15) is 0 Å². The number of furan rings is 1. The Morgan fingerprint density at radius 1 is 1.12 bits per heavy atom. The monoisotopic (exact) mass is 349 g/mol. The fourth-order valence-corrected chi connectivity index (χ4v) is 3.53. The molecule has 2 aromatic carbocycles. The number of carbonyl (C=O) groups is 1. The molecule has 4 heteroatoms. The first kappa shape index (κ1) is 16.7. The lowest BCUT2D eigenvalue weighted by atomic mass is 9.96. The van der Waals surface area contributed by atoms with Crippen LogP contribution in [-0.4, -0.2) is 24.5 Å². The third kappa shape index (κ3) is 3.45. The zero-order valence-electron chi connectivity index (χ0n) is 15.0. The number of hydrogen-bond acceptors (Lipinski definition) is 3. The van der Waals surface area contributed by atoms with E-state index >= 15 is 0 Å². The average Bonchev–Trinajstić information content (AvgIpc) is 3.05. The summed E-state index contributed by atoms with van der Waals surface area (Å²) in [6, 6.07) is 15.8. The Hall–Kier alpha value is -2.75. The van der Waals surface area contributed by atoms with E-state index in [0.29, 0.717) is 12.3 Å². The second kappa shape index (κ2) is 7.24. The normalized spacial score (nSPS) is 13.4. The second-order valence-corrected chi connectivity index (χ2v) is 6.89. The van der Waals surface area contributed by atoms with E-state index < -0.39 is 0 Å². The number of amides is 1. The summed E-state index contributed by atoms with van der Waals surface area (Å²) in [6.45, 7) is 0.617. The van der Waals surface area contributed by atoms with Gasteiger partial charge in [-0.25, -0.2) is 0 Å². The predicted molar refractivity (Wildman–Crippen MR) is 101 cm³/mol. The molecule has 0 saturated carbocycles. The van der Waals surface area contributed by atoms with Crippen molar-refractivity contribution in [2.24, 2.45) is 0 Å². The van der Waals surface area contributed by atoms with Gasteiger partial charge in [-0.15, -0.1) is 0 Å². The highest BCUT2D eigenvalue weighted by Gasteiger charge is 2.18. The van der Waals surface area contributed by atoms with Crippen molar-refractivity contribution >= 4 is 16.9 Å². The number of likely N-dealkylation sites (N-methyl/N-ethyl adjacent to an activating group) is 1. The quantitative estimate of drug-likeness (QED) is 0.688. The molecule has 4 nitrogen and oxygen atoms in total. The average molecular weight is 349 g/mol. The maximum absolute atomic E-state index is 12.3. The van der Waals surface area contributed by atoms with Crippen molar-refractivity contribution in [3.8, 4) is 5.75 Å². The summed E-state index contributed by atoms with van der Waals surface area (Å²) in [7, 11) is 1.80. The van der Waals surface area contributed by atoms with Crippen LogP contribution in [0.1, 0.15) is 29.7 Å². The van der Waals surface area contributed by atoms with Gasteiger partial charge in [-0.05, 0) is 43.0 Å². The molecule has 1 aromatic heterocycles. The summed E-state index contributed by atoms with van der Waals surface area (Å²) >= 11 is 0. The molecule has 1 aliphatic rings. The first-order valence-electron chi connectivity index (χ1n) is 9.16. The van der Waals surface area contributed by atoms with E-state index in [1.54, 1.807) is 11.9 Å². The van der Waals surface area contributed by atoms with Crippen LogP contribution in [0.2, 0.25) is 0 Å². The van der Waals surface area contributed by atoms with Crippen LogP contribution in [0.3, 0.4) is 0 Å². The van der Waals surface area contributed by atoms with Crippen molar-refractivity contribution < 1.29 is 13.9 Å². The number of nitrogens with zero attached hydrogens (tertiary/aromatic N) is 1. The third-order valence-corrected chi connectivity index (χ3v) is 4.98. The smallest absolute Gasteiger partial charge is 0.260 e. The highest BCUT2D eigenvalue weighted by atomic mass is 16.5. The number of hydrogen-bond donors (Lipinski definition) is 0. The highest BCUT2D eigenvalue weighted by Crippen LogP contribution is 2.33. The second-order valence-electron chi connectivity index (χ2n) is 6.89. The summed E-state index contributed by atoms with van der Waals surface area (Å²) in [5.41, 5.74) is 3.33. The number of fused-ring (bicyclic) bond motifs is 3. The van der Waals surface area contributed by atoms with Crippen molar-refractivity contribution in [2.75, 3.05) is 13.7 Å². The van der Waals surface area contributed by atoms with Crippen LogP contribution < -0.4 is 4.74 Å². The number of benzene rings is 2. The van der Waals surface area contributed by atoms with Gasteiger partial charge in [-0.1, -0.05) is 30.3 Å². The van der Waals surface area contributed by atoms with Crippen LogP contribution >= 0.6 is 0 Å². The minimum absolute atomic E-state index is 0.0366. The molecular weight excluding hydrogens is 326 g/mol. The van der Waals surface area contributed by atoms with Gasteiger partial charge < -0.3 is 14.1 Å². The highest BCUT2D eigenvalue weighted by molar-refractivity contribution is 5.84. The Morgan fingerprint density at radius 2 is 1.92 bits per heavy atom. The van der Waals surface area contributed by atoms with Gasteiger partial charge in [0.25, 0.3) is 5.91 Å². The summed E-state index contributed by atoms with van der Waals surface area (Å²) < 4.78 is 11.7. The fraction of sp³-hybridized carbons (Fsp3) is 0.318. The van der Waals surface area contributed by atoms with E-state index in [0.717, 1.165) is 35.1 Å². The summed E-state index contributed by atoms with van der Waals surface area (Å²) in [5, 5.41) is 1.13. The van der Waals surface area contributed by atoms with Crippen LogP contribution in [0, 0.1) is 0 Å². The molecule has 0 N–H and O–H groups in total. The lowest BCUT2D eigenvalue weighted by Gasteiger charge is -2.17. The summed E-state index contributed by atoms with van der Waals surface area (Å²) in [6.07, 6.45) is 4.47. The Bertz CT molecular complexity index is 914. The van der Waals surface area contributed by atoms with Crippen molar-refractivity contribution in [1.29, 1.82) is 0 Å². The molecular formula is C22H23NO3. The lowest BCUT2D eigenvalue weighted by molar-refractivity contribution is -0.132. The molecule has 0 aliphatic heterocycles. The third-order valence-electron chi connectivity index (χ3n) is 4.98. The number of aryl methyl sites for hydroxylation is 2. The fourth-order valence-electron chi connectivity index (χ4n) is 3.53. The Morgan fingerprint density at radius 3 is 2.77 bits per heavy atom. The maximum atomic E-state index is 12.3. The number of carbonyl (C=O) groups excluding carboxylic acids is 1. The predicted octanol–water partition coefficient (Wildman–Crippen LogP) is 4.35. The van der Waals surface area contributed by atoms with Gasteiger partial charge in [0.2, 0.25) is 0 Å². The standard InChI is InChI=1S/C22H23NO3/c1-23(14-16-7-3-2-4-8-16)22(24)15-25-17-11-12-21-19(13-17)18-9-5-6-10-20(18)26-21/h2-4,7-8,11-13H,5-6,9-10,14-15H2,1H3. The molecule has 26 heavy (non-hydrogen) atoms. The van der Waals surface area contributed by atoms with Gasteiger partial charge in [0.1, 0.15) is 17.1 Å². The summed E-state index contributed by atoms with van der Waals surface area (Å²) in [4.78, 5) is 14.0. The van der Waals surface area contributed by atoms with Gasteiger partial charge in [0.15, 0.2) is 6.61 Å². The first-order valence-corrected chi connectivity index (χ1v) is 9.16. The maximum Gasteiger partial charge on any atom is 0.260 e. The molecule has 0 fully saturated rings. The molecule has 1 amide bonds.